The fourth-order valence-electron chi connectivity index (χ4n) is 2.90. The van der Waals surface area contributed by atoms with Crippen molar-refractivity contribution in [3.05, 3.63) is 36.0 Å². The third-order valence-electron chi connectivity index (χ3n) is 4.08. The summed E-state index contributed by atoms with van der Waals surface area (Å²) in [4.78, 5) is 21.0. The highest BCUT2D eigenvalue weighted by molar-refractivity contribution is 5.93. The molecule has 5 nitrogen and oxygen atoms in total. The van der Waals surface area contributed by atoms with Crippen LogP contribution in [0.15, 0.2) is 30.3 Å². The summed E-state index contributed by atoms with van der Waals surface area (Å²) in [7, 11) is 1.97. The number of aromatic nitrogens is 1. The minimum absolute atomic E-state index is 0.183. The zero-order valence-corrected chi connectivity index (χ0v) is 13.2. The maximum absolute atomic E-state index is 12.4. The highest BCUT2D eigenvalue weighted by atomic mass is 16.2. The van der Waals surface area contributed by atoms with Gasteiger partial charge in [0.2, 0.25) is 5.91 Å². The van der Waals surface area contributed by atoms with E-state index in [1.807, 2.05) is 48.0 Å². The summed E-state index contributed by atoms with van der Waals surface area (Å²) in [6.07, 6.45) is 0. The van der Waals surface area contributed by atoms with E-state index < -0.39 is 0 Å². The van der Waals surface area contributed by atoms with Crippen molar-refractivity contribution in [1.82, 2.24) is 15.2 Å². The van der Waals surface area contributed by atoms with Crippen molar-refractivity contribution in [3.8, 4) is 0 Å². The van der Waals surface area contributed by atoms with E-state index in [0.29, 0.717) is 6.54 Å². The van der Waals surface area contributed by atoms with Crippen molar-refractivity contribution in [3.63, 3.8) is 0 Å². The van der Waals surface area contributed by atoms with Gasteiger partial charge >= 0.3 is 0 Å². The topological polar surface area (TPSA) is 48.5 Å². The van der Waals surface area contributed by atoms with Crippen LogP contribution in [0.1, 0.15) is 5.69 Å². The molecule has 1 aromatic carbocycles. The van der Waals surface area contributed by atoms with Gasteiger partial charge in [0.05, 0.1) is 12.1 Å². The normalized spacial score (nSPS) is 15.1. The number of nitrogens with one attached hydrogen (secondary N) is 1. The number of amides is 1. The first kappa shape index (κ1) is 14.8. The van der Waals surface area contributed by atoms with Gasteiger partial charge in [-0.05, 0) is 19.1 Å². The molecule has 1 aliphatic rings. The van der Waals surface area contributed by atoms with E-state index in [-0.39, 0.29) is 5.91 Å². The van der Waals surface area contributed by atoms with Crippen molar-refractivity contribution in [2.45, 2.75) is 6.92 Å². The number of hydrogen-bond donors (Lipinski definition) is 1. The smallest absolute Gasteiger partial charge is 0.242 e. The summed E-state index contributed by atoms with van der Waals surface area (Å²) in [5.41, 5.74) is 3.00. The minimum Gasteiger partial charge on any atom is -0.365 e. The number of benzene rings is 1. The van der Waals surface area contributed by atoms with Crippen LogP contribution in [0.4, 0.5) is 5.69 Å². The molecule has 116 valence electrons. The van der Waals surface area contributed by atoms with Crippen LogP contribution in [0.25, 0.3) is 10.9 Å². The van der Waals surface area contributed by atoms with Crippen molar-refractivity contribution in [2.75, 3.05) is 44.7 Å². The molecule has 3 rings (SSSR count). The molecule has 2 heterocycles. The Balaban J connectivity index is 1.82. The summed E-state index contributed by atoms with van der Waals surface area (Å²) < 4.78 is 0. The molecule has 1 aromatic heterocycles. The fraction of sp³-hybridized carbons (Fsp3) is 0.412. The second-order valence-corrected chi connectivity index (χ2v) is 5.79. The lowest BCUT2D eigenvalue weighted by Gasteiger charge is -2.30. The lowest BCUT2D eigenvalue weighted by Crippen LogP contribution is -2.49. The second-order valence-electron chi connectivity index (χ2n) is 5.79. The Hall–Kier alpha value is -2.14. The van der Waals surface area contributed by atoms with Gasteiger partial charge in [0, 0.05) is 50.0 Å². The number of carbonyl (C=O) groups is 1. The highest BCUT2D eigenvalue weighted by Crippen LogP contribution is 2.25. The van der Waals surface area contributed by atoms with Crippen molar-refractivity contribution in [1.29, 1.82) is 0 Å². The molecular formula is C17H22N4O. The first-order valence-electron chi connectivity index (χ1n) is 7.71. The molecule has 0 radical (unpaired) electrons. The molecule has 0 unspecified atom stereocenters. The number of aryl methyl sites for hydroxylation is 1. The highest BCUT2D eigenvalue weighted by Gasteiger charge is 2.18. The van der Waals surface area contributed by atoms with E-state index >= 15 is 0 Å². The van der Waals surface area contributed by atoms with Gasteiger partial charge < -0.3 is 15.1 Å². The monoisotopic (exact) mass is 298 g/mol. The Morgan fingerprint density at radius 3 is 2.82 bits per heavy atom. The van der Waals surface area contributed by atoms with Gasteiger partial charge in [0.25, 0.3) is 0 Å². The molecule has 1 amide bonds. The Morgan fingerprint density at radius 1 is 1.32 bits per heavy atom. The number of nitrogens with zero attached hydrogens (tertiary/aromatic N) is 3. The molecule has 5 heteroatoms. The quantitative estimate of drug-likeness (QED) is 0.931. The van der Waals surface area contributed by atoms with Gasteiger partial charge in [-0.25, -0.2) is 0 Å². The molecule has 1 N–H and O–H groups in total. The lowest BCUT2D eigenvalue weighted by molar-refractivity contribution is -0.130. The van der Waals surface area contributed by atoms with Crippen LogP contribution in [0.5, 0.6) is 0 Å². The van der Waals surface area contributed by atoms with Gasteiger partial charge in [0.15, 0.2) is 0 Å². The summed E-state index contributed by atoms with van der Waals surface area (Å²) >= 11 is 0. The number of rotatable bonds is 3. The minimum atomic E-state index is 0.183. The Kier molecular flexibility index (Phi) is 4.24. The van der Waals surface area contributed by atoms with Crippen LogP contribution in [0.3, 0.4) is 0 Å². The number of piperazine rings is 1. The van der Waals surface area contributed by atoms with Crippen LogP contribution in [-0.4, -0.2) is 55.6 Å². The maximum atomic E-state index is 12.4. The van der Waals surface area contributed by atoms with E-state index in [0.717, 1.165) is 48.5 Å². The van der Waals surface area contributed by atoms with E-state index in [9.17, 15) is 4.79 Å². The average Bonchev–Trinajstić information content (AvgIpc) is 2.54. The molecule has 0 spiro atoms. The molecule has 0 bridgehead atoms. The van der Waals surface area contributed by atoms with E-state index in [1.165, 1.54) is 0 Å². The largest absolute Gasteiger partial charge is 0.365 e. The number of likely N-dealkylation sites (N-methyl/N-ethyl adjacent to an activating group) is 1. The third-order valence-corrected chi connectivity index (χ3v) is 4.08. The van der Waals surface area contributed by atoms with Crippen LogP contribution >= 0.6 is 0 Å². The predicted octanol–water partition coefficient (Wildman–Crippen LogP) is 1.41. The van der Waals surface area contributed by atoms with Gasteiger partial charge in [-0.2, -0.15) is 0 Å². The Labute approximate surface area is 130 Å². The molecule has 0 saturated carbocycles. The first-order valence-corrected chi connectivity index (χ1v) is 7.71. The zero-order valence-electron chi connectivity index (χ0n) is 13.2. The molecule has 22 heavy (non-hydrogen) atoms. The van der Waals surface area contributed by atoms with Crippen molar-refractivity contribution in [2.24, 2.45) is 0 Å². The molecule has 1 aliphatic heterocycles. The number of hydrogen-bond acceptors (Lipinski definition) is 4. The molecule has 0 aliphatic carbocycles. The number of pyridine rings is 1. The summed E-state index contributed by atoms with van der Waals surface area (Å²) in [6.45, 7) is 5.74. The first-order chi connectivity index (χ1) is 10.6. The SMILES string of the molecule is Cc1cc(N(C)CC(=O)N2CCNCC2)c2ccccc2n1. The van der Waals surface area contributed by atoms with Crippen LogP contribution in [0, 0.1) is 6.92 Å². The van der Waals surface area contributed by atoms with Crippen molar-refractivity contribution < 1.29 is 4.79 Å². The zero-order chi connectivity index (χ0) is 15.5. The standard InChI is InChI=1S/C17H22N4O/c1-13-11-16(14-5-3-4-6-15(14)19-13)20(2)12-17(22)21-9-7-18-8-10-21/h3-6,11,18H,7-10,12H2,1-2H3. The van der Waals surface area contributed by atoms with Crippen LogP contribution in [0.2, 0.25) is 0 Å². The second kappa shape index (κ2) is 6.32. The Morgan fingerprint density at radius 2 is 2.05 bits per heavy atom. The molecule has 1 saturated heterocycles. The third kappa shape index (κ3) is 3.04. The predicted molar refractivity (Wildman–Crippen MR) is 89.2 cm³/mol. The molecule has 1 fully saturated rings. The fourth-order valence-corrected chi connectivity index (χ4v) is 2.90. The van der Waals surface area contributed by atoms with E-state index in [2.05, 4.69) is 16.4 Å². The van der Waals surface area contributed by atoms with Gasteiger partial charge in [-0.15, -0.1) is 0 Å². The number of para-hydroxylation sites is 1. The van der Waals surface area contributed by atoms with Crippen LogP contribution < -0.4 is 10.2 Å². The van der Waals surface area contributed by atoms with Crippen LogP contribution in [-0.2, 0) is 4.79 Å². The van der Waals surface area contributed by atoms with E-state index in [4.69, 9.17) is 0 Å². The molecule has 0 atom stereocenters. The molecular weight excluding hydrogens is 276 g/mol. The van der Waals surface area contributed by atoms with Gasteiger partial charge in [-0.3, -0.25) is 9.78 Å². The molecule has 2 aromatic rings. The summed E-state index contributed by atoms with van der Waals surface area (Å²) in [5.74, 6) is 0.183. The maximum Gasteiger partial charge on any atom is 0.242 e. The van der Waals surface area contributed by atoms with E-state index in [1.54, 1.807) is 0 Å². The number of fused-ring (bicyclic) bond motifs is 1. The number of anilines is 1. The van der Waals surface area contributed by atoms with Gasteiger partial charge in [-0.1, -0.05) is 18.2 Å². The van der Waals surface area contributed by atoms with Crippen molar-refractivity contribution >= 4 is 22.5 Å². The lowest BCUT2D eigenvalue weighted by atomic mass is 10.1. The van der Waals surface area contributed by atoms with Gasteiger partial charge in [0.1, 0.15) is 0 Å². The summed E-state index contributed by atoms with van der Waals surface area (Å²) in [6, 6.07) is 10.1. The Bertz CT molecular complexity index is 679. The number of carbonyl (C=O) groups excluding carboxylic acids is 1. The summed E-state index contributed by atoms with van der Waals surface area (Å²) in [5, 5.41) is 4.36. The average molecular weight is 298 g/mol.